The Balaban J connectivity index is 2.31. The molecule has 0 aromatic heterocycles. The molecule has 1 fully saturated rings. The SMILES string of the molecule is O=C(CCN1CCCCC1)OC(C(=O)O)C(=O)O. The van der Waals surface area contributed by atoms with Gasteiger partial charge in [0.05, 0.1) is 6.42 Å². The van der Waals surface area contributed by atoms with Crippen LogP contribution in [0.1, 0.15) is 25.7 Å². The largest absolute Gasteiger partial charge is 0.478 e. The van der Waals surface area contributed by atoms with E-state index < -0.39 is 24.0 Å². The van der Waals surface area contributed by atoms with E-state index >= 15 is 0 Å². The zero-order valence-corrected chi connectivity index (χ0v) is 10.0. The van der Waals surface area contributed by atoms with E-state index in [2.05, 4.69) is 9.64 Å². The van der Waals surface area contributed by atoms with Gasteiger partial charge in [-0.2, -0.15) is 0 Å². The maximum Gasteiger partial charge on any atom is 0.356 e. The summed E-state index contributed by atoms with van der Waals surface area (Å²) < 4.78 is 4.40. The quantitative estimate of drug-likeness (QED) is 0.508. The van der Waals surface area contributed by atoms with Crippen molar-refractivity contribution in [2.75, 3.05) is 19.6 Å². The second kappa shape index (κ2) is 6.95. The van der Waals surface area contributed by atoms with Gasteiger partial charge in [-0.25, -0.2) is 9.59 Å². The highest BCUT2D eigenvalue weighted by atomic mass is 16.6. The summed E-state index contributed by atoms with van der Waals surface area (Å²) in [6, 6.07) is 0. The first kappa shape index (κ1) is 14.4. The molecule has 0 unspecified atom stereocenters. The lowest BCUT2D eigenvalue weighted by Gasteiger charge is -2.25. The first-order valence-electron chi connectivity index (χ1n) is 5.88. The molecule has 0 radical (unpaired) electrons. The minimum Gasteiger partial charge on any atom is -0.478 e. The summed E-state index contributed by atoms with van der Waals surface area (Å²) in [6.45, 7) is 2.30. The molecule has 102 valence electrons. The van der Waals surface area contributed by atoms with E-state index in [0.717, 1.165) is 25.9 Å². The number of carbonyl (C=O) groups is 3. The van der Waals surface area contributed by atoms with Crippen LogP contribution in [0.25, 0.3) is 0 Å². The third-order valence-corrected chi connectivity index (χ3v) is 2.78. The van der Waals surface area contributed by atoms with Crippen molar-refractivity contribution >= 4 is 17.9 Å². The zero-order chi connectivity index (χ0) is 13.5. The van der Waals surface area contributed by atoms with Crippen molar-refractivity contribution in [3.05, 3.63) is 0 Å². The maximum atomic E-state index is 11.3. The molecule has 0 bridgehead atoms. The summed E-state index contributed by atoms with van der Waals surface area (Å²) >= 11 is 0. The first-order valence-corrected chi connectivity index (χ1v) is 5.88. The van der Waals surface area contributed by atoms with Gasteiger partial charge in [-0.1, -0.05) is 6.42 Å². The molecule has 1 rings (SSSR count). The van der Waals surface area contributed by atoms with Gasteiger partial charge in [0.25, 0.3) is 6.10 Å². The van der Waals surface area contributed by atoms with Crippen LogP contribution in [0.15, 0.2) is 0 Å². The number of carbonyl (C=O) groups excluding carboxylic acids is 1. The van der Waals surface area contributed by atoms with Crippen molar-refractivity contribution in [1.82, 2.24) is 4.90 Å². The molecule has 1 aliphatic heterocycles. The Morgan fingerprint density at radius 3 is 2.11 bits per heavy atom. The summed E-state index contributed by atoms with van der Waals surface area (Å²) in [5.41, 5.74) is 0. The summed E-state index contributed by atoms with van der Waals surface area (Å²) in [7, 11) is 0. The van der Waals surface area contributed by atoms with Gasteiger partial charge in [-0.3, -0.25) is 4.79 Å². The van der Waals surface area contributed by atoms with Gasteiger partial charge in [0.2, 0.25) is 0 Å². The zero-order valence-electron chi connectivity index (χ0n) is 10.0. The molecule has 1 saturated heterocycles. The van der Waals surface area contributed by atoms with E-state index in [1.807, 2.05) is 0 Å². The predicted molar refractivity (Wildman–Crippen MR) is 60.1 cm³/mol. The van der Waals surface area contributed by atoms with Crippen LogP contribution < -0.4 is 0 Å². The molecule has 0 spiro atoms. The minimum absolute atomic E-state index is 0.0110. The van der Waals surface area contributed by atoms with Crippen LogP contribution in [0.5, 0.6) is 0 Å². The fraction of sp³-hybridized carbons (Fsp3) is 0.727. The van der Waals surface area contributed by atoms with Crippen molar-refractivity contribution in [2.24, 2.45) is 0 Å². The number of ether oxygens (including phenoxy) is 1. The number of aliphatic carboxylic acids is 2. The standard InChI is InChI=1S/C11H17NO6/c13-8(18-9(10(14)15)11(16)17)4-7-12-5-2-1-3-6-12/h9H,1-7H2,(H,14,15)(H,16,17). The Morgan fingerprint density at radius 2 is 1.61 bits per heavy atom. The summed E-state index contributed by atoms with van der Waals surface area (Å²) in [4.78, 5) is 34.4. The molecule has 0 atom stereocenters. The van der Waals surface area contributed by atoms with Crippen LogP contribution in [0.4, 0.5) is 0 Å². The molecule has 7 nitrogen and oxygen atoms in total. The molecular weight excluding hydrogens is 242 g/mol. The fourth-order valence-corrected chi connectivity index (χ4v) is 1.83. The Bertz CT molecular complexity index is 309. The van der Waals surface area contributed by atoms with Gasteiger partial charge >= 0.3 is 17.9 Å². The fourth-order valence-electron chi connectivity index (χ4n) is 1.83. The van der Waals surface area contributed by atoms with Crippen LogP contribution in [0.3, 0.4) is 0 Å². The number of likely N-dealkylation sites (tertiary alicyclic amines) is 1. The lowest BCUT2D eigenvalue weighted by molar-refractivity contribution is -0.174. The molecule has 0 amide bonds. The number of nitrogens with zero attached hydrogens (tertiary/aromatic N) is 1. The highest BCUT2D eigenvalue weighted by Crippen LogP contribution is 2.09. The third-order valence-electron chi connectivity index (χ3n) is 2.78. The predicted octanol–water partition coefficient (Wildman–Crippen LogP) is -0.0566. The molecule has 0 aromatic carbocycles. The molecule has 2 N–H and O–H groups in total. The molecule has 1 heterocycles. The monoisotopic (exact) mass is 259 g/mol. The van der Waals surface area contributed by atoms with Gasteiger partial charge < -0.3 is 19.8 Å². The van der Waals surface area contributed by atoms with E-state index in [9.17, 15) is 14.4 Å². The summed E-state index contributed by atoms with van der Waals surface area (Å²) in [5, 5.41) is 17.1. The normalized spacial score (nSPS) is 16.5. The maximum absolute atomic E-state index is 11.3. The topological polar surface area (TPSA) is 104 Å². The van der Waals surface area contributed by atoms with E-state index in [1.165, 1.54) is 6.42 Å². The van der Waals surface area contributed by atoms with Crippen LogP contribution >= 0.6 is 0 Å². The van der Waals surface area contributed by atoms with Gasteiger partial charge in [-0.05, 0) is 25.9 Å². The van der Waals surface area contributed by atoms with E-state index in [1.54, 1.807) is 0 Å². The third kappa shape index (κ3) is 4.70. The second-order valence-corrected chi connectivity index (χ2v) is 4.20. The molecule has 7 heteroatoms. The average Bonchev–Trinajstić information content (AvgIpc) is 2.34. The van der Waals surface area contributed by atoms with Crippen molar-refractivity contribution < 1.29 is 29.3 Å². The molecule has 0 saturated carbocycles. The van der Waals surface area contributed by atoms with Gasteiger partial charge in [0.15, 0.2) is 0 Å². The summed E-state index contributed by atoms with van der Waals surface area (Å²) in [6.07, 6.45) is 1.25. The minimum atomic E-state index is -2.11. The van der Waals surface area contributed by atoms with Crippen molar-refractivity contribution in [2.45, 2.75) is 31.8 Å². The van der Waals surface area contributed by atoms with E-state index in [-0.39, 0.29) is 6.42 Å². The number of carboxylic acid groups (broad SMARTS) is 2. The van der Waals surface area contributed by atoms with Crippen LogP contribution in [-0.2, 0) is 19.1 Å². The molecule has 0 aliphatic carbocycles. The lowest BCUT2D eigenvalue weighted by atomic mass is 10.1. The Hall–Kier alpha value is -1.63. The number of esters is 1. The van der Waals surface area contributed by atoms with E-state index in [0.29, 0.717) is 6.54 Å². The average molecular weight is 259 g/mol. The number of hydrogen-bond acceptors (Lipinski definition) is 5. The van der Waals surface area contributed by atoms with E-state index in [4.69, 9.17) is 10.2 Å². The molecule has 0 aromatic rings. The van der Waals surface area contributed by atoms with Gasteiger partial charge in [-0.15, -0.1) is 0 Å². The highest BCUT2D eigenvalue weighted by Gasteiger charge is 2.30. The number of piperidine rings is 1. The number of carboxylic acids is 2. The smallest absolute Gasteiger partial charge is 0.356 e. The Morgan fingerprint density at radius 1 is 1.06 bits per heavy atom. The van der Waals surface area contributed by atoms with Crippen molar-refractivity contribution in [1.29, 1.82) is 0 Å². The number of rotatable bonds is 6. The summed E-state index contributed by atoms with van der Waals surface area (Å²) in [5.74, 6) is -4.14. The number of hydrogen-bond donors (Lipinski definition) is 2. The van der Waals surface area contributed by atoms with Crippen LogP contribution in [0, 0.1) is 0 Å². The Kier molecular flexibility index (Phi) is 5.57. The molecular formula is C11H17NO6. The molecule has 1 aliphatic rings. The van der Waals surface area contributed by atoms with Crippen molar-refractivity contribution in [3.8, 4) is 0 Å². The molecule has 18 heavy (non-hydrogen) atoms. The van der Waals surface area contributed by atoms with Crippen LogP contribution in [0.2, 0.25) is 0 Å². The van der Waals surface area contributed by atoms with Crippen LogP contribution in [-0.4, -0.2) is 58.8 Å². The Labute approximate surface area is 104 Å². The van der Waals surface area contributed by atoms with Crippen molar-refractivity contribution in [3.63, 3.8) is 0 Å². The second-order valence-electron chi connectivity index (χ2n) is 4.20. The first-order chi connectivity index (χ1) is 8.50. The highest BCUT2D eigenvalue weighted by molar-refractivity contribution is 5.97. The van der Waals surface area contributed by atoms with Gasteiger partial charge in [0.1, 0.15) is 0 Å². The lowest BCUT2D eigenvalue weighted by Crippen LogP contribution is -2.36. The van der Waals surface area contributed by atoms with Gasteiger partial charge in [0, 0.05) is 6.54 Å².